The molecule has 0 rings (SSSR count). The first-order valence-electron chi connectivity index (χ1n) is 3.67. The van der Waals surface area contributed by atoms with E-state index in [-0.39, 0.29) is 0 Å². The minimum atomic E-state index is -1.17. The third-order valence-electron chi connectivity index (χ3n) is 1.38. The van der Waals surface area contributed by atoms with Crippen LogP contribution in [0.25, 0.3) is 0 Å². The lowest BCUT2D eigenvalue weighted by molar-refractivity contribution is -0.116. The summed E-state index contributed by atoms with van der Waals surface area (Å²) in [6, 6.07) is 0. The number of carboxylic acid groups (broad SMARTS) is 1. The van der Waals surface area contributed by atoms with Gasteiger partial charge in [0.15, 0.2) is 0 Å². The van der Waals surface area contributed by atoms with E-state index in [2.05, 4.69) is 0 Å². The van der Waals surface area contributed by atoms with E-state index in [4.69, 9.17) is 5.11 Å². The lowest BCUT2D eigenvalue weighted by Gasteiger charge is -2.09. The molecule has 0 saturated heterocycles. The number of carbonyl (C=O) groups is 2. The van der Waals surface area contributed by atoms with Gasteiger partial charge in [-0.25, -0.2) is 4.79 Å². The Balaban J connectivity index is 3.52. The van der Waals surface area contributed by atoms with Crippen LogP contribution in [0, 0.1) is 0 Å². The maximum absolute atomic E-state index is 10.2. The number of imide groups is 1. The Morgan fingerprint density at radius 2 is 2.18 bits per heavy atom. The molecule has 1 N–H and O–H groups in total. The summed E-state index contributed by atoms with van der Waals surface area (Å²) >= 11 is 0. The van der Waals surface area contributed by atoms with Gasteiger partial charge in [0.05, 0.1) is 0 Å². The highest BCUT2D eigenvalue weighted by Gasteiger charge is 2.07. The molecule has 0 aromatic heterocycles. The molecule has 0 heterocycles. The van der Waals surface area contributed by atoms with Crippen molar-refractivity contribution >= 4 is 12.5 Å². The first-order valence-corrected chi connectivity index (χ1v) is 3.67. The molecule has 0 atom stereocenters. The molecule has 0 aliphatic carbocycles. The molecule has 64 valence electrons. The molecule has 4 nitrogen and oxygen atoms in total. The third kappa shape index (κ3) is 4.36. The molecule has 0 aromatic rings. The smallest absolute Gasteiger partial charge is 0.413 e. The van der Waals surface area contributed by atoms with E-state index in [9.17, 15) is 9.59 Å². The fraction of sp³-hybridized carbons (Fsp3) is 0.714. The Labute approximate surface area is 65.8 Å². The molecule has 0 aliphatic rings. The molecule has 0 spiro atoms. The molecular weight excluding hydrogens is 146 g/mol. The highest BCUT2D eigenvalue weighted by molar-refractivity contribution is 5.78. The van der Waals surface area contributed by atoms with Crippen LogP contribution in [0.4, 0.5) is 4.79 Å². The third-order valence-corrected chi connectivity index (χ3v) is 1.38. The van der Waals surface area contributed by atoms with Crippen molar-refractivity contribution in [1.29, 1.82) is 0 Å². The molecule has 0 saturated carbocycles. The Morgan fingerprint density at radius 3 is 2.55 bits per heavy atom. The summed E-state index contributed by atoms with van der Waals surface area (Å²) in [6.07, 6.45) is 1.90. The van der Waals surface area contributed by atoms with E-state index in [0.29, 0.717) is 13.0 Å². The van der Waals surface area contributed by atoms with Crippen molar-refractivity contribution in [3.05, 3.63) is 0 Å². The zero-order valence-corrected chi connectivity index (χ0v) is 6.62. The number of amides is 2. The maximum atomic E-state index is 10.2. The minimum Gasteiger partial charge on any atom is -0.465 e. The summed E-state index contributed by atoms with van der Waals surface area (Å²) in [5.74, 6) is 0. The zero-order chi connectivity index (χ0) is 8.69. The Bertz CT molecular complexity index is 136. The van der Waals surface area contributed by atoms with Gasteiger partial charge in [0.25, 0.3) is 0 Å². The van der Waals surface area contributed by atoms with Gasteiger partial charge in [-0.1, -0.05) is 19.8 Å². The van der Waals surface area contributed by atoms with Crippen LogP contribution in [0.3, 0.4) is 0 Å². The van der Waals surface area contributed by atoms with Crippen molar-refractivity contribution in [2.24, 2.45) is 0 Å². The second-order valence-electron chi connectivity index (χ2n) is 2.29. The standard InChI is InChI=1S/C7H13NO3/c1-2-3-4-5-8(6-9)7(10)11/h6H,2-5H2,1H3,(H,10,11). The molecule has 0 fully saturated rings. The van der Waals surface area contributed by atoms with Crippen molar-refractivity contribution in [3.8, 4) is 0 Å². The van der Waals surface area contributed by atoms with Gasteiger partial charge in [0.1, 0.15) is 0 Å². The summed E-state index contributed by atoms with van der Waals surface area (Å²) in [7, 11) is 0. The van der Waals surface area contributed by atoms with E-state index in [0.717, 1.165) is 24.2 Å². The summed E-state index contributed by atoms with van der Waals surface area (Å²) in [6.45, 7) is 2.33. The molecular formula is C7H13NO3. The number of rotatable bonds is 5. The van der Waals surface area contributed by atoms with Crippen LogP contribution in [-0.4, -0.2) is 29.1 Å². The molecule has 0 radical (unpaired) electrons. The van der Waals surface area contributed by atoms with Gasteiger partial charge in [0.2, 0.25) is 6.41 Å². The largest absolute Gasteiger partial charge is 0.465 e. The molecule has 0 aliphatic heterocycles. The number of nitrogens with zero attached hydrogens (tertiary/aromatic N) is 1. The Hall–Kier alpha value is -1.06. The van der Waals surface area contributed by atoms with Gasteiger partial charge >= 0.3 is 6.09 Å². The van der Waals surface area contributed by atoms with Gasteiger partial charge in [-0.2, -0.15) is 0 Å². The normalized spacial score (nSPS) is 9.18. The predicted octanol–water partition coefficient (Wildman–Crippen LogP) is 1.31. The van der Waals surface area contributed by atoms with Crippen LogP contribution >= 0.6 is 0 Å². The van der Waals surface area contributed by atoms with Crippen LogP contribution in [-0.2, 0) is 4.79 Å². The minimum absolute atomic E-state index is 0.312. The fourth-order valence-corrected chi connectivity index (χ4v) is 0.726. The highest BCUT2D eigenvalue weighted by atomic mass is 16.4. The first kappa shape index (κ1) is 9.94. The van der Waals surface area contributed by atoms with Crippen LogP contribution in [0.1, 0.15) is 26.2 Å². The van der Waals surface area contributed by atoms with E-state index < -0.39 is 6.09 Å². The molecule has 0 aromatic carbocycles. The summed E-state index contributed by atoms with van der Waals surface area (Å²) < 4.78 is 0. The maximum Gasteiger partial charge on any atom is 0.413 e. The van der Waals surface area contributed by atoms with Crippen LogP contribution < -0.4 is 0 Å². The number of hydrogen-bond donors (Lipinski definition) is 1. The predicted molar refractivity (Wildman–Crippen MR) is 40.3 cm³/mol. The lowest BCUT2D eigenvalue weighted by atomic mass is 10.2. The molecule has 0 bridgehead atoms. The van der Waals surface area contributed by atoms with E-state index in [1.807, 2.05) is 6.92 Å². The van der Waals surface area contributed by atoms with Crippen molar-refractivity contribution < 1.29 is 14.7 Å². The van der Waals surface area contributed by atoms with Crippen molar-refractivity contribution in [2.75, 3.05) is 6.54 Å². The van der Waals surface area contributed by atoms with Gasteiger partial charge in [-0.3, -0.25) is 9.69 Å². The quantitative estimate of drug-likeness (QED) is 0.486. The second kappa shape index (κ2) is 5.70. The van der Waals surface area contributed by atoms with Gasteiger partial charge in [-0.05, 0) is 6.42 Å². The Morgan fingerprint density at radius 1 is 1.55 bits per heavy atom. The van der Waals surface area contributed by atoms with E-state index >= 15 is 0 Å². The fourth-order valence-electron chi connectivity index (χ4n) is 0.726. The highest BCUT2D eigenvalue weighted by Crippen LogP contribution is 1.96. The second-order valence-corrected chi connectivity index (χ2v) is 2.29. The average Bonchev–Trinajstić information content (AvgIpc) is 1.97. The monoisotopic (exact) mass is 159 g/mol. The van der Waals surface area contributed by atoms with E-state index in [1.165, 1.54) is 0 Å². The SMILES string of the molecule is CCCCCN(C=O)C(=O)O. The number of carbonyl (C=O) groups excluding carboxylic acids is 1. The Kier molecular flexibility index (Phi) is 5.15. The zero-order valence-electron chi connectivity index (χ0n) is 6.62. The van der Waals surface area contributed by atoms with E-state index in [1.54, 1.807) is 0 Å². The first-order chi connectivity index (χ1) is 5.22. The van der Waals surface area contributed by atoms with Crippen molar-refractivity contribution in [1.82, 2.24) is 4.90 Å². The summed E-state index contributed by atoms with van der Waals surface area (Å²) in [5.41, 5.74) is 0. The average molecular weight is 159 g/mol. The van der Waals surface area contributed by atoms with Gasteiger partial charge in [-0.15, -0.1) is 0 Å². The molecule has 4 heteroatoms. The number of hydrogen-bond acceptors (Lipinski definition) is 2. The molecule has 2 amide bonds. The lowest BCUT2D eigenvalue weighted by Crippen LogP contribution is -2.28. The molecule has 0 unspecified atom stereocenters. The van der Waals surface area contributed by atoms with Crippen LogP contribution in [0.15, 0.2) is 0 Å². The van der Waals surface area contributed by atoms with Gasteiger partial charge < -0.3 is 5.11 Å². The van der Waals surface area contributed by atoms with Crippen LogP contribution in [0.5, 0.6) is 0 Å². The topological polar surface area (TPSA) is 57.6 Å². The van der Waals surface area contributed by atoms with Gasteiger partial charge in [0, 0.05) is 6.54 Å². The number of unbranched alkanes of at least 4 members (excludes halogenated alkanes) is 2. The van der Waals surface area contributed by atoms with Crippen molar-refractivity contribution in [2.45, 2.75) is 26.2 Å². The molecule has 11 heavy (non-hydrogen) atoms. The van der Waals surface area contributed by atoms with Crippen molar-refractivity contribution in [3.63, 3.8) is 0 Å². The summed E-state index contributed by atoms with van der Waals surface area (Å²) in [4.78, 5) is 21.1. The summed E-state index contributed by atoms with van der Waals surface area (Å²) in [5, 5.41) is 8.37. The van der Waals surface area contributed by atoms with Crippen LogP contribution in [0.2, 0.25) is 0 Å².